The molecule has 6 nitrogen and oxygen atoms in total. The zero-order valence-electron chi connectivity index (χ0n) is 10.6. The topological polar surface area (TPSA) is 89.6 Å². The minimum atomic E-state index is 0.675. The van der Waals surface area contributed by atoms with Crippen LogP contribution >= 0.6 is 34.9 Å². The van der Waals surface area contributed by atoms with Crippen LogP contribution in [0.2, 0.25) is 0 Å². The molecule has 0 unspecified atom stereocenters. The van der Waals surface area contributed by atoms with E-state index < -0.39 is 0 Å². The lowest BCUT2D eigenvalue weighted by Gasteiger charge is -2.09. The van der Waals surface area contributed by atoms with Crippen LogP contribution in [0.3, 0.4) is 0 Å². The molecule has 19 heavy (non-hydrogen) atoms. The monoisotopic (exact) mass is 314 g/mol. The summed E-state index contributed by atoms with van der Waals surface area (Å²) in [4.78, 5) is 8.47. The first-order valence-corrected chi connectivity index (χ1v) is 8.50. The third kappa shape index (κ3) is 3.56. The number of hydrogen-bond donors (Lipinski definition) is 2. The predicted octanol–water partition coefficient (Wildman–Crippen LogP) is 2.44. The number of nitrogen functional groups attached to an aromatic ring is 1. The fraction of sp³-hybridized carbons (Fsp3) is 0.400. The molecule has 0 bridgehead atoms. The van der Waals surface area contributed by atoms with Gasteiger partial charge in [0.05, 0.1) is 0 Å². The van der Waals surface area contributed by atoms with E-state index in [-0.39, 0.29) is 0 Å². The van der Waals surface area contributed by atoms with Crippen LogP contribution in [-0.4, -0.2) is 26.4 Å². The summed E-state index contributed by atoms with van der Waals surface area (Å²) in [5, 5.41) is 9.10. The van der Waals surface area contributed by atoms with Gasteiger partial charge in [0.15, 0.2) is 8.68 Å². The van der Waals surface area contributed by atoms with Crippen molar-refractivity contribution in [1.82, 2.24) is 20.2 Å². The highest BCUT2D eigenvalue weighted by molar-refractivity contribution is 8.03. The van der Waals surface area contributed by atoms with Gasteiger partial charge in [-0.3, -0.25) is 0 Å². The molecule has 0 aliphatic carbocycles. The fourth-order valence-corrected chi connectivity index (χ4v) is 3.96. The van der Waals surface area contributed by atoms with E-state index in [1.807, 2.05) is 6.26 Å². The van der Waals surface area contributed by atoms with E-state index >= 15 is 0 Å². The third-order valence-electron chi connectivity index (χ3n) is 2.29. The predicted molar refractivity (Wildman–Crippen MR) is 79.7 cm³/mol. The Morgan fingerprint density at radius 2 is 2.11 bits per heavy atom. The van der Waals surface area contributed by atoms with Gasteiger partial charge in [-0.1, -0.05) is 36.4 Å². The lowest BCUT2D eigenvalue weighted by Crippen LogP contribution is -2.12. The first-order valence-electron chi connectivity index (χ1n) is 5.64. The molecule has 0 radical (unpaired) electrons. The van der Waals surface area contributed by atoms with Gasteiger partial charge in [0, 0.05) is 5.56 Å². The average molecular weight is 314 g/mol. The highest BCUT2D eigenvalue weighted by Crippen LogP contribution is 2.35. The van der Waals surface area contributed by atoms with Gasteiger partial charge in [0.1, 0.15) is 17.2 Å². The zero-order chi connectivity index (χ0) is 13.7. The van der Waals surface area contributed by atoms with Gasteiger partial charge in [0.25, 0.3) is 0 Å². The van der Waals surface area contributed by atoms with Crippen molar-refractivity contribution in [3.05, 3.63) is 11.9 Å². The van der Waals surface area contributed by atoms with Gasteiger partial charge in [-0.2, -0.15) is 0 Å². The molecule has 0 saturated heterocycles. The molecule has 0 saturated carbocycles. The molecule has 3 N–H and O–H groups in total. The summed E-state index contributed by atoms with van der Waals surface area (Å²) in [6.45, 7) is 2.11. The minimum absolute atomic E-state index is 0.675. The molecule has 0 fully saturated rings. The number of thioether (sulfide) groups is 1. The van der Waals surface area contributed by atoms with Crippen molar-refractivity contribution in [2.75, 3.05) is 11.7 Å². The Morgan fingerprint density at radius 3 is 2.74 bits per heavy atom. The number of anilines is 1. The number of rotatable bonds is 6. The van der Waals surface area contributed by atoms with Gasteiger partial charge >= 0.3 is 0 Å². The fourth-order valence-electron chi connectivity index (χ4n) is 1.49. The molecule has 2 rings (SSSR count). The SMILES string of the molecule is CCCc1c(NN)ncnc1Sc1nnc(SC)s1. The summed E-state index contributed by atoms with van der Waals surface area (Å²) in [5.41, 5.74) is 3.65. The van der Waals surface area contributed by atoms with Crippen molar-refractivity contribution >= 4 is 40.7 Å². The highest BCUT2D eigenvalue weighted by Gasteiger charge is 2.14. The van der Waals surface area contributed by atoms with Crippen LogP contribution in [0.25, 0.3) is 0 Å². The maximum atomic E-state index is 5.49. The summed E-state index contributed by atoms with van der Waals surface area (Å²) < 4.78 is 1.83. The first-order chi connectivity index (χ1) is 9.28. The van der Waals surface area contributed by atoms with E-state index in [1.54, 1.807) is 23.1 Å². The Kier molecular flexibility index (Phi) is 5.37. The molecular formula is C10H14N6S3. The molecule has 0 aliphatic heterocycles. The molecular weight excluding hydrogens is 300 g/mol. The average Bonchev–Trinajstić information content (AvgIpc) is 2.88. The lowest BCUT2D eigenvalue weighted by molar-refractivity contribution is 0.855. The van der Waals surface area contributed by atoms with Crippen molar-refractivity contribution in [3.8, 4) is 0 Å². The van der Waals surface area contributed by atoms with E-state index in [9.17, 15) is 0 Å². The summed E-state index contributed by atoms with van der Waals surface area (Å²) >= 11 is 4.65. The Bertz CT molecular complexity index is 544. The quantitative estimate of drug-likeness (QED) is 0.364. The maximum Gasteiger partial charge on any atom is 0.181 e. The smallest absolute Gasteiger partial charge is 0.181 e. The van der Waals surface area contributed by atoms with Crippen LogP contribution in [-0.2, 0) is 6.42 Å². The molecule has 102 valence electrons. The van der Waals surface area contributed by atoms with E-state index in [2.05, 4.69) is 32.5 Å². The molecule has 0 atom stereocenters. The third-order valence-corrected chi connectivity index (χ3v) is 5.28. The summed E-state index contributed by atoms with van der Waals surface area (Å²) in [6.07, 6.45) is 5.37. The highest BCUT2D eigenvalue weighted by atomic mass is 32.2. The van der Waals surface area contributed by atoms with Gasteiger partial charge in [-0.05, 0) is 24.4 Å². The van der Waals surface area contributed by atoms with Gasteiger partial charge in [0.2, 0.25) is 0 Å². The number of nitrogens with one attached hydrogen (secondary N) is 1. The maximum absolute atomic E-state index is 5.49. The number of hydrazine groups is 1. The van der Waals surface area contributed by atoms with Crippen molar-refractivity contribution < 1.29 is 0 Å². The van der Waals surface area contributed by atoms with Gasteiger partial charge in [-0.15, -0.1) is 10.2 Å². The van der Waals surface area contributed by atoms with Crippen LogP contribution in [0.15, 0.2) is 20.0 Å². The van der Waals surface area contributed by atoms with Gasteiger partial charge < -0.3 is 5.43 Å². The zero-order valence-corrected chi connectivity index (χ0v) is 13.0. The van der Waals surface area contributed by atoms with Crippen molar-refractivity contribution in [3.63, 3.8) is 0 Å². The Labute approximate surface area is 124 Å². The number of aromatic nitrogens is 4. The van der Waals surface area contributed by atoms with Crippen molar-refractivity contribution in [2.45, 2.75) is 33.5 Å². The molecule has 0 amide bonds. The van der Waals surface area contributed by atoms with Gasteiger partial charge in [-0.25, -0.2) is 15.8 Å². The largest absolute Gasteiger partial charge is 0.308 e. The van der Waals surface area contributed by atoms with Crippen LogP contribution in [0, 0.1) is 0 Å². The number of hydrogen-bond acceptors (Lipinski definition) is 9. The molecule has 2 aromatic heterocycles. The lowest BCUT2D eigenvalue weighted by atomic mass is 10.2. The Hall–Kier alpha value is -0.900. The van der Waals surface area contributed by atoms with Crippen LogP contribution in [0.4, 0.5) is 5.82 Å². The molecule has 2 aromatic rings. The van der Waals surface area contributed by atoms with E-state index in [4.69, 9.17) is 5.84 Å². The van der Waals surface area contributed by atoms with Crippen LogP contribution in [0.1, 0.15) is 18.9 Å². The van der Waals surface area contributed by atoms with E-state index in [0.717, 1.165) is 32.1 Å². The molecule has 9 heteroatoms. The standard InChI is InChI=1S/C10H14N6S3/c1-3-4-6-7(14-11)12-5-13-8(6)18-10-16-15-9(17-2)19-10/h5H,3-4,11H2,1-2H3,(H,12,13,14). The second kappa shape index (κ2) is 7.04. The second-order valence-corrected chi connectivity index (χ2v) is 6.81. The molecule has 0 spiro atoms. The summed E-state index contributed by atoms with van der Waals surface area (Å²) in [5.74, 6) is 6.17. The van der Waals surface area contributed by atoms with E-state index in [1.165, 1.54) is 18.1 Å². The number of nitrogens with zero attached hydrogens (tertiary/aromatic N) is 4. The normalized spacial score (nSPS) is 10.7. The van der Waals surface area contributed by atoms with Crippen LogP contribution < -0.4 is 11.3 Å². The molecule has 2 heterocycles. The Morgan fingerprint density at radius 1 is 1.32 bits per heavy atom. The Balaban J connectivity index is 2.27. The van der Waals surface area contributed by atoms with E-state index in [0.29, 0.717) is 5.82 Å². The van der Waals surface area contributed by atoms with Crippen molar-refractivity contribution in [2.24, 2.45) is 5.84 Å². The number of nitrogens with two attached hydrogens (primary N) is 1. The van der Waals surface area contributed by atoms with Crippen molar-refractivity contribution in [1.29, 1.82) is 0 Å². The molecule has 0 aliphatic rings. The summed E-state index contributed by atoms with van der Waals surface area (Å²) in [6, 6.07) is 0. The summed E-state index contributed by atoms with van der Waals surface area (Å²) in [7, 11) is 0. The first kappa shape index (κ1) is 14.5. The minimum Gasteiger partial charge on any atom is -0.308 e. The second-order valence-electron chi connectivity index (χ2n) is 3.54. The molecule has 0 aromatic carbocycles. The van der Waals surface area contributed by atoms with Crippen LogP contribution in [0.5, 0.6) is 0 Å².